The van der Waals surface area contributed by atoms with Crippen LogP contribution in [0.25, 0.3) is 5.65 Å². The molecule has 0 amide bonds. The van der Waals surface area contributed by atoms with E-state index in [9.17, 15) is 8.42 Å². The molecule has 0 saturated heterocycles. The molecule has 2 heterocycles. The molecule has 0 aliphatic carbocycles. The molecule has 8 heteroatoms. The van der Waals surface area contributed by atoms with Gasteiger partial charge in [-0.2, -0.15) is 5.10 Å². The summed E-state index contributed by atoms with van der Waals surface area (Å²) in [5, 5.41) is 4.33. The molecule has 1 aromatic carbocycles. The number of benzene rings is 1. The van der Waals surface area contributed by atoms with Crippen LogP contribution in [0.1, 0.15) is 17.7 Å². The van der Waals surface area contributed by atoms with Gasteiger partial charge < -0.3 is 0 Å². The number of rotatable bonds is 6. The molecule has 0 spiro atoms. The number of nitrogens with one attached hydrogen (secondary N) is 1. The van der Waals surface area contributed by atoms with Gasteiger partial charge in [0.15, 0.2) is 5.65 Å². The fraction of sp³-hybridized carbons (Fsp3) is 0.250. The summed E-state index contributed by atoms with van der Waals surface area (Å²) in [6.07, 6.45) is 5.14. The van der Waals surface area contributed by atoms with Crippen LogP contribution in [0.3, 0.4) is 0 Å². The SMILES string of the molecule is Cc1cc2ncc(CCCNS(=O)(=O)c3ccc(Br)cc3)cn2n1. The lowest BCUT2D eigenvalue weighted by Crippen LogP contribution is -2.25. The summed E-state index contributed by atoms with van der Waals surface area (Å²) in [4.78, 5) is 4.61. The van der Waals surface area contributed by atoms with Crippen LogP contribution in [-0.2, 0) is 16.4 Å². The number of nitrogens with zero attached hydrogens (tertiary/aromatic N) is 3. The molecule has 0 saturated carbocycles. The number of halogens is 1. The molecule has 2 aromatic heterocycles. The Kier molecular flexibility index (Phi) is 4.98. The lowest BCUT2D eigenvalue weighted by molar-refractivity contribution is 0.579. The first kappa shape index (κ1) is 17.1. The van der Waals surface area contributed by atoms with E-state index in [1.807, 2.05) is 19.2 Å². The average molecular weight is 409 g/mol. The normalized spacial score (nSPS) is 11.9. The summed E-state index contributed by atoms with van der Waals surface area (Å²) in [5.41, 5.74) is 2.75. The van der Waals surface area contributed by atoms with Crippen molar-refractivity contribution in [2.75, 3.05) is 6.54 Å². The Bertz CT molecular complexity index is 952. The second-order valence-corrected chi connectivity index (χ2v) is 8.19. The molecule has 24 heavy (non-hydrogen) atoms. The topological polar surface area (TPSA) is 76.4 Å². The predicted molar refractivity (Wildman–Crippen MR) is 95.4 cm³/mol. The third-order valence-corrected chi connectivity index (χ3v) is 5.55. The van der Waals surface area contributed by atoms with Crippen LogP contribution in [0.5, 0.6) is 0 Å². The van der Waals surface area contributed by atoms with Gasteiger partial charge in [0.05, 0.1) is 10.6 Å². The molecule has 0 unspecified atom stereocenters. The van der Waals surface area contributed by atoms with Crippen LogP contribution in [-0.4, -0.2) is 29.6 Å². The Morgan fingerprint density at radius 1 is 1.25 bits per heavy atom. The lowest BCUT2D eigenvalue weighted by atomic mass is 10.2. The number of hydrogen-bond acceptors (Lipinski definition) is 4. The van der Waals surface area contributed by atoms with Gasteiger partial charge in [-0.15, -0.1) is 0 Å². The average Bonchev–Trinajstić information content (AvgIpc) is 2.91. The van der Waals surface area contributed by atoms with Crippen LogP contribution in [0.15, 0.2) is 52.1 Å². The molecule has 126 valence electrons. The standard InChI is InChI=1S/C16H17BrN4O2S/c1-12-9-16-18-10-13(11-21(16)20-12)3-2-8-19-24(22,23)15-6-4-14(17)5-7-15/h4-7,9-11,19H,2-3,8H2,1H3. The van der Waals surface area contributed by atoms with Crippen molar-refractivity contribution in [2.24, 2.45) is 0 Å². The van der Waals surface area contributed by atoms with Crippen molar-refractivity contribution in [1.29, 1.82) is 0 Å². The van der Waals surface area contributed by atoms with E-state index in [0.717, 1.165) is 27.8 Å². The number of fused-ring (bicyclic) bond motifs is 1. The third kappa shape index (κ3) is 4.00. The molecule has 0 aliphatic heterocycles. The largest absolute Gasteiger partial charge is 0.240 e. The Balaban J connectivity index is 1.56. The molecule has 0 aliphatic rings. The zero-order chi connectivity index (χ0) is 17.2. The summed E-state index contributed by atoms with van der Waals surface area (Å²) in [7, 11) is -3.47. The zero-order valence-electron chi connectivity index (χ0n) is 13.1. The predicted octanol–water partition coefficient (Wildman–Crippen LogP) is 2.71. The molecule has 0 atom stereocenters. The Labute approximate surface area is 149 Å². The van der Waals surface area contributed by atoms with Gasteiger partial charge in [0.1, 0.15) is 0 Å². The highest BCUT2D eigenvalue weighted by Gasteiger charge is 2.12. The fourth-order valence-corrected chi connectivity index (χ4v) is 3.70. The molecular formula is C16H17BrN4O2S. The van der Waals surface area contributed by atoms with Gasteiger partial charge in [-0.25, -0.2) is 22.6 Å². The fourth-order valence-electron chi connectivity index (χ4n) is 2.36. The summed E-state index contributed by atoms with van der Waals surface area (Å²) >= 11 is 3.29. The molecule has 6 nitrogen and oxygen atoms in total. The van der Waals surface area contributed by atoms with Crippen LogP contribution < -0.4 is 4.72 Å². The molecular weight excluding hydrogens is 392 g/mol. The molecule has 1 N–H and O–H groups in total. The third-order valence-electron chi connectivity index (χ3n) is 3.55. The minimum atomic E-state index is -3.47. The number of aromatic nitrogens is 3. The van der Waals surface area contributed by atoms with Gasteiger partial charge in [-0.3, -0.25) is 0 Å². The number of hydrogen-bond donors (Lipinski definition) is 1. The molecule has 0 fully saturated rings. The number of sulfonamides is 1. The second-order valence-electron chi connectivity index (χ2n) is 5.51. The zero-order valence-corrected chi connectivity index (χ0v) is 15.5. The monoisotopic (exact) mass is 408 g/mol. The van der Waals surface area contributed by atoms with Gasteiger partial charge in [-0.05, 0) is 49.6 Å². The van der Waals surface area contributed by atoms with Gasteiger partial charge in [0.2, 0.25) is 10.0 Å². The van der Waals surface area contributed by atoms with E-state index < -0.39 is 10.0 Å². The molecule has 3 aromatic rings. The maximum Gasteiger partial charge on any atom is 0.240 e. The molecule has 0 bridgehead atoms. The van der Waals surface area contributed by atoms with Gasteiger partial charge in [0, 0.05) is 29.5 Å². The van der Waals surface area contributed by atoms with Crippen molar-refractivity contribution in [2.45, 2.75) is 24.7 Å². The smallest absolute Gasteiger partial charge is 0.237 e. The van der Waals surface area contributed by atoms with Gasteiger partial charge in [0.25, 0.3) is 0 Å². The maximum atomic E-state index is 12.2. The minimum Gasteiger partial charge on any atom is -0.237 e. The van der Waals surface area contributed by atoms with E-state index in [4.69, 9.17) is 0 Å². The Morgan fingerprint density at radius 3 is 2.75 bits per heavy atom. The van der Waals surface area contributed by atoms with Crippen LogP contribution in [0.4, 0.5) is 0 Å². The Morgan fingerprint density at radius 2 is 2.00 bits per heavy atom. The first-order valence-electron chi connectivity index (χ1n) is 7.50. The maximum absolute atomic E-state index is 12.2. The van der Waals surface area contributed by atoms with E-state index in [0.29, 0.717) is 13.0 Å². The highest BCUT2D eigenvalue weighted by atomic mass is 79.9. The van der Waals surface area contributed by atoms with Gasteiger partial charge in [-0.1, -0.05) is 15.9 Å². The van der Waals surface area contributed by atoms with Crippen LogP contribution in [0, 0.1) is 6.92 Å². The summed E-state index contributed by atoms with van der Waals surface area (Å²) < 4.78 is 29.6. The summed E-state index contributed by atoms with van der Waals surface area (Å²) in [6.45, 7) is 2.29. The van der Waals surface area contributed by atoms with E-state index in [1.54, 1.807) is 35.0 Å². The van der Waals surface area contributed by atoms with E-state index in [-0.39, 0.29) is 4.90 Å². The van der Waals surface area contributed by atoms with E-state index in [2.05, 4.69) is 30.7 Å². The molecule has 0 radical (unpaired) electrons. The van der Waals surface area contributed by atoms with E-state index in [1.165, 1.54) is 0 Å². The van der Waals surface area contributed by atoms with Crippen molar-refractivity contribution in [3.8, 4) is 0 Å². The summed E-state index contributed by atoms with van der Waals surface area (Å²) in [6, 6.07) is 8.48. The van der Waals surface area contributed by atoms with E-state index >= 15 is 0 Å². The van der Waals surface area contributed by atoms with Crippen molar-refractivity contribution in [3.05, 3.63) is 58.5 Å². The van der Waals surface area contributed by atoms with Gasteiger partial charge >= 0.3 is 0 Å². The second kappa shape index (κ2) is 7.00. The Hall–Kier alpha value is -1.77. The highest BCUT2D eigenvalue weighted by molar-refractivity contribution is 9.10. The van der Waals surface area contributed by atoms with Crippen molar-refractivity contribution in [1.82, 2.24) is 19.3 Å². The van der Waals surface area contributed by atoms with Crippen molar-refractivity contribution >= 4 is 31.6 Å². The minimum absolute atomic E-state index is 0.265. The van der Waals surface area contributed by atoms with Crippen molar-refractivity contribution in [3.63, 3.8) is 0 Å². The molecule has 3 rings (SSSR count). The van der Waals surface area contributed by atoms with Crippen molar-refractivity contribution < 1.29 is 8.42 Å². The summed E-state index contributed by atoms with van der Waals surface area (Å²) in [5.74, 6) is 0. The van der Waals surface area contributed by atoms with Crippen LogP contribution >= 0.6 is 15.9 Å². The number of aryl methyl sites for hydroxylation is 2. The lowest BCUT2D eigenvalue weighted by Gasteiger charge is -2.07. The quantitative estimate of drug-likeness (QED) is 0.636. The van der Waals surface area contributed by atoms with Crippen LogP contribution in [0.2, 0.25) is 0 Å². The highest BCUT2D eigenvalue weighted by Crippen LogP contribution is 2.14. The first-order valence-corrected chi connectivity index (χ1v) is 9.78. The first-order chi connectivity index (χ1) is 11.4.